The minimum atomic E-state index is -4.58. The fourth-order valence-electron chi connectivity index (χ4n) is 4.36. The Bertz CT molecular complexity index is 1740. The Morgan fingerprint density at radius 3 is 2.92 bits per heavy atom. The van der Waals surface area contributed by atoms with Crippen molar-refractivity contribution in [1.82, 2.24) is 29.4 Å². The van der Waals surface area contributed by atoms with Gasteiger partial charge in [0.05, 0.1) is 25.5 Å². The van der Waals surface area contributed by atoms with E-state index in [0.717, 1.165) is 31.2 Å². The van der Waals surface area contributed by atoms with Gasteiger partial charge in [-0.3, -0.25) is 9.48 Å². The number of H-pyrrole nitrogens is 1. The minimum Gasteiger partial charge on any atom is -0.493 e. The predicted octanol–water partition coefficient (Wildman–Crippen LogP) is 2.83. The molecule has 0 bridgehead atoms. The summed E-state index contributed by atoms with van der Waals surface area (Å²) in [5.41, 5.74) is -0.205. The highest BCUT2D eigenvalue weighted by atomic mass is 32.2. The van der Waals surface area contributed by atoms with Crippen molar-refractivity contribution in [2.24, 2.45) is 7.05 Å². The van der Waals surface area contributed by atoms with E-state index in [-0.39, 0.29) is 34.9 Å². The zero-order valence-corrected chi connectivity index (χ0v) is 21.2. The van der Waals surface area contributed by atoms with Crippen molar-refractivity contribution in [3.05, 3.63) is 34.2 Å². The zero-order chi connectivity index (χ0) is 33.8. The van der Waals surface area contributed by atoms with Crippen LogP contribution in [0.2, 0.25) is 0 Å². The molecule has 0 spiro atoms. The normalized spacial score (nSPS) is 22.0. The van der Waals surface area contributed by atoms with Crippen LogP contribution in [0.4, 0.5) is 0 Å². The van der Waals surface area contributed by atoms with Crippen LogP contribution < -0.4 is 15.0 Å². The lowest BCUT2D eigenvalue weighted by atomic mass is 10.1. The number of hydrogen-bond acceptors (Lipinski definition) is 7. The van der Waals surface area contributed by atoms with Crippen molar-refractivity contribution in [2.45, 2.75) is 63.2 Å². The first-order valence-electron chi connectivity index (χ1n) is 16.1. The number of aryl methyl sites for hydroxylation is 2. The van der Waals surface area contributed by atoms with E-state index < -0.39 is 52.5 Å². The van der Waals surface area contributed by atoms with E-state index in [9.17, 15) is 13.2 Å². The highest BCUT2D eigenvalue weighted by molar-refractivity contribution is 7.89. The number of likely N-dealkylation sites (tertiary alicyclic amines) is 1. The predicted molar refractivity (Wildman–Crippen MR) is 140 cm³/mol. The molecule has 1 fully saturated rings. The second-order valence-electron chi connectivity index (χ2n) is 8.68. The van der Waals surface area contributed by atoms with Crippen LogP contribution >= 0.6 is 0 Å². The SMILES string of the molecule is [2H]C([2H])(CC1CCCN1C)NS(=O)(=O)c1ccc(OC([2H])([2H])C([2H])([2H])C([2H])([2H])[2H])c(-c2nc3c(CCC)nn(C)c3c(=O)[nH]2)c1. The summed E-state index contributed by atoms with van der Waals surface area (Å²) in [5.74, 6) is -0.808. The molecule has 2 N–H and O–H groups in total. The van der Waals surface area contributed by atoms with E-state index >= 15 is 0 Å². The van der Waals surface area contributed by atoms with Crippen LogP contribution in [0.15, 0.2) is 27.9 Å². The number of rotatable bonds is 11. The molecule has 2 aromatic heterocycles. The molecule has 11 heteroatoms. The van der Waals surface area contributed by atoms with Crippen LogP contribution in [-0.2, 0) is 23.5 Å². The number of sulfonamides is 1. The standard InChI is InChI=1S/C25H36N6O4S/c1-5-8-20-22-23(31(4)29-20)25(32)28-24(27-22)19-16-18(10-11-21(19)35-15-6-2)36(33,34)26-13-12-17-9-7-14-30(17)3/h10-11,16-17,26H,5-9,12-15H2,1-4H3,(H,27,28,32)/i2D3,6D2,13D2,15D2. The largest absolute Gasteiger partial charge is 0.493 e. The summed E-state index contributed by atoms with van der Waals surface area (Å²) in [4.78, 5) is 21.6. The molecule has 0 aliphatic carbocycles. The van der Waals surface area contributed by atoms with Gasteiger partial charge >= 0.3 is 0 Å². The second-order valence-corrected chi connectivity index (χ2v) is 10.4. The molecule has 4 rings (SSSR count). The molecule has 196 valence electrons. The molecule has 1 atom stereocenters. The molecule has 3 heterocycles. The van der Waals surface area contributed by atoms with Crippen molar-refractivity contribution in [1.29, 1.82) is 0 Å². The van der Waals surface area contributed by atoms with Gasteiger partial charge in [-0.25, -0.2) is 18.1 Å². The third-order valence-corrected chi connectivity index (χ3v) is 7.48. The van der Waals surface area contributed by atoms with Gasteiger partial charge in [0, 0.05) is 29.2 Å². The summed E-state index contributed by atoms with van der Waals surface area (Å²) in [7, 11) is -1.20. The number of hydrogen-bond donors (Lipinski definition) is 2. The molecule has 0 radical (unpaired) electrons. The molecule has 1 aromatic carbocycles. The molecule has 1 aliphatic heterocycles. The molecular weight excluding hydrogens is 480 g/mol. The second kappa shape index (κ2) is 11.1. The average Bonchev–Trinajstić information content (AvgIpc) is 3.44. The number of nitrogens with zero attached hydrogens (tertiary/aromatic N) is 4. The van der Waals surface area contributed by atoms with Crippen molar-refractivity contribution in [3.8, 4) is 17.1 Å². The number of fused-ring (bicyclic) bond motifs is 1. The van der Waals surface area contributed by atoms with Crippen LogP contribution in [0, 0.1) is 0 Å². The van der Waals surface area contributed by atoms with Gasteiger partial charge in [0.1, 0.15) is 17.1 Å². The van der Waals surface area contributed by atoms with Crippen LogP contribution in [0.5, 0.6) is 5.75 Å². The van der Waals surface area contributed by atoms with Crippen LogP contribution in [0.25, 0.3) is 22.4 Å². The zero-order valence-electron chi connectivity index (χ0n) is 29.4. The first-order chi connectivity index (χ1) is 20.6. The van der Waals surface area contributed by atoms with E-state index in [2.05, 4.69) is 19.8 Å². The summed E-state index contributed by atoms with van der Waals surface area (Å²) in [6.07, 6.45) is -0.971. The summed E-state index contributed by atoms with van der Waals surface area (Å²) >= 11 is 0. The van der Waals surface area contributed by atoms with Crippen LogP contribution in [0.1, 0.15) is 63.9 Å². The van der Waals surface area contributed by atoms with Gasteiger partial charge in [-0.2, -0.15) is 5.10 Å². The van der Waals surface area contributed by atoms with Gasteiger partial charge in [0.2, 0.25) is 10.0 Å². The summed E-state index contributed by atoms with van der Waals surface area (Å²) in [5, 5.41) is 4.34. The van der Waals surface area contributed by atoms with E-state index in [4.69, 9.17) is 17.1 Å². The maximum Gasteiger partial charge on any atom is 0.277 e. The van der Waals surface area contributed by atoms with E-state index in [1.54, 1.807) is 7.05 Å². The first kappa shape index (κ1) is 16.9. The monoisotopic (exact) mass is 525 g/mol. The van der Waals surface area contributed by atoms with Crippen molar-refractivity contribution >= 4 is 21.1 Å². The number of ether oxygens (including phenoxy) is 1. The molecule has 1 saturated heterocycles. The fourth-order valence-corrected chi connectivity index (χ4v) is 5.27. The van der Waals surface area contributed by atoms with E-state index in [1.807, 2.05) is 18.9 Å². The Morgan fingerprint density at radius 2 is 2.19 bits per heavy atom. The molecular formula is C25H36N6O4S. The lowest BCUT2D eigenvalue weighted by Crippen LogP contribution is -2.31. The molecule has 1 aliphatic rings. The van der Waals surface area contributed by atoms with Gasteiger partial charge in [0.15, 0.2) is 5.52 Å². The van der Waals surface area contributed by atoms with Gasteiger partial charge in [-0.05, 0) is 63.8 Å². The topological polar surface area (TPSA) is 122 Å². The van der Waals surface area contributed by atoms with Crippen molar-refractivity contribution in [3.63, 3.8) is 0 Å². The van der Waals surface area contributed by atoms with Gasteiger partial charge in [0.25, 0.3) is 5.56 Å². The third kappa shape index (κ3) is 5.47. The maximum absolute atomic E-state index is 13.5. The third-order valence-electron chi connectivity index (χ3n) is 6.19. The Kier molecular flexibility index (Phi) is 5.21. The molecule has 0 saturated carbocycles. The molecule has 10 nitrogen and oxygen atoms in total. The molecule has 1 unspecified atom stereocenters. The molecule has 0 amide bonds. The summed E-state index contributed by atoms with van der Waals surface area (Å²) in [6.45, 7) is -6.60. The van der Waals surface area contributed by atoms with Crippen molar-refractivity contribution < 1.29 is 25.5 Å². The molecule has 36 heavy (non-hydrogen) atoms. The first-order valence-corrected chi connectivity index (χ1v) is 13.1. The van der Waals surface area contributed by atoms with Crippen molar-refractivity contribution in [2.75, 3.05) is 26.6 Å². The average molecular weight is 526 g/mol. The van der Waals surface area contributed by atoms with Gasteiger partial charge in [-0.1, -0.05) is 20.2 Å². The van der Waals surface area contributed by atoms with E-state index in [0.29, 0.717) is 25.0 Å². The lowest BCUT2D eigenvalue weighted by Gasteiger charge is -2.19. The highest BCUT2D eigenvalue weighted by Gasteiger charge is 2.23. The summed E-state index contributed by atoms with van der Waals surface area (Å²) < 4.78 is 107. The number of nitrogens with one attached hydrogen (secondary N) is 2. The van der Waals surface area contributed by atoms with Crippen LogP contribution in [0.3, 0.4) is 0 Å². The fraction of sp³-hybridized carbons (Fsp3) is 0.560. The smallest absolute Gasteiger partial charge is 0.277 e. The Balaban J connectivity index is 1.86. The maximum atomic E-state index is 13.5. The van der Waals surface area contributed by atoms with Crippen LogP contribution in [-0.4, -0.2) is 65.8 Å². The lowest BCUT2D eigenvalue weighted by molar-refractivity contribution is 0.297. The Morgan fingerprint density at radius 1 is 1.36 bits per heavy atom. The Hall–Kier alpha value is -2.76. The molecule has 3 aromatic rings. The highest BCUT2D eigenvalue weighted by Crippen LogP contribution is 2.31. The van der Waals surface area contributed by atoms with Gasteiger partial charge in [-0.15, -0.1) is 0 Å². The van der Waals surface area contributed by atoms with E-state index in [1.165, 1.54) is 4.68 Å². The van der Waals surface area contributed by atoms with Gasteiger partial charge < -0.3 is 14.6 Å². The minimum absolute atomic E-state index is 0.117. The number of aromatic amines is 1. The number of benzene rings is 1. The Labute approximate surface area is 224 Å². The quantitative estimate of drug-likeness (QED) is 0.395. The number of aromatic nitrogens is 4. The summed E-state index contributed by atoms with van der Waals surface area (Å²) in [6, 6.07) is 2.74.